The highest BCUT2D eigenvalue weighted by Crippen LogP contribution is 2.20. The number of nitrogens with zero attached hydrogens (tertiary/aromatic N) is 2. The average molecular weight is 429 g/mol. The zero-order valence-electron chi connectivity index (χ0n) is 18.4. The number of ether oxygens (including phenoxy) is 1. The minimum absolute atomic E-state index is 0.0169. The van der Waals surface area contributed by atoms with Gasteiger partial charge in [-0.25, -0.2) is 0 Å². The van der Waals surface area contributed by atoms with Crippen LogP contribution in [0.4, 0.5) is 0 Å². The van der Waals surface area contributed by atoms with E-state index >= 15 is 0 Å². The van der Waals surface area contributed by atoms with Gasteiger partial charge in [0.05, 0.1) is 13.0 Å². The molecule has 3 aromatic carbocycles. The van der Waals surface area contributed by atoms with Crippen molar-refractivity contribution in [3.8, 4) is 16.9 Å². The SMILES string of the molecule is CCOc1ccc(CC(=O)N2CCN(C(=O)c3ccc(-c4ccccc4)cc3)CC2)cc1. The maximum Gasteiger partial charge on any atom is 0.253 e. The van der Waals surface area contributed by atoms with Crippen LogP contribution in [0.3, 0.4) is 0 Å². The van der Waals surface area contributed by atoms with Gasteiger partial charge in [-0.2, -0.15) is 0 Å². The Morgan fingerprint density at radius 2 is 1.34 bits per heavy atom. The van der Waals surface area contributed by atoms with Gasteiger partial charge >= 0.3 is 0 Å². The van der Waals surface area contributed by atoms with Gasteiger partial charge in [0.25, 0.3) is 5.91 Å². The molecule has 1 fully saturated rings. The number of carbonyl (C=O) groups excluding carboxylic acids is 2. The van der Waals surface area contributed by atoms with Crippen LogP contribution in [0.1, 0.15) is 22.8 Å². The van der Waals surface area contributed by atoms with Gasteiger partial charge in [-0.1, -0.05) is 54.6 Å². The molecule has 4 rings (SSSR count). The summed E-state index contributed by atoms with van der Waals surface area (Å²) in [5.41, 5.74) is 3.87. The average Bonchev–Trinajstić information content (AvgIpc) is 2.86. The maximum absolute atomic E-state index is 12.9. The Bertz CT molecular complexity index is 1040. The number of amides is 2. The van der Waals surface area contributed by atoms with Gasteiger partial charge in [0.1, 0.15) is 5.75 Å². The summed E-state index contributed by atoms with van der Waals surface area (Å²) in [4.78, 5) is 29.3. The predicted octanol–water partition coefficient (Wildman–Crippen LogP) is 4.28. The molecule has 5 heteroatoms. The van der Waals surface area contributed by atoms with Crippen LogP contribution in [0.2, 0.25) is 0 Å². The van der Waals surface area contributed by atoms with E-state index in [2.05, 4.69) is 12.1 Å². The molecule has 32 heavy (non-hydrogen) atoms. The number of piperazine rings is 1. The molecule has 1 heterocycles. The van der Waals surface area contributed by atoms with E-state index in [4.69, 9.17) is 4.74 Å². The fraction of sp³-hybridized carbons (Fsp3) is 0.259. The first-order valence-electron chi connectivity index (χ1n) is 11.1. The van der Waals surface area contributed by atoms with Crippen molar-refractivity contribution in [2.75, 3.05) is 32.8 Å². The molecule has 0 saturated carbocycles. The lowest BCUT2D eigenvalue weighted by Crippen LogP contribution is -2.51. The van der Waals surface area contributed by atoms with E-state index in [1.54, 1.807) is 0 Å². The molecule has 3 aromatic rings. The van der Waals surface area contributed by atoms with E-state index < -0.39 is 0 Å². The number of hydrogen-bond acceptors (Lipinski definition) is 3. The number of rotatable bonds is 6. The van der Waals surface area contributed by atoms with E-state index in [9.17, 15) is 9.59 Å². The molecule has 0 unspecified atom stereocenters. The van der Waals surface area contributed by atoms with Gasteiger partial charge in [-0.15, -0.1) is 0 Å². The molecule has 0 aromatic heterocycles. The Hall–Kier alpha value is -3.60. The zero-order valence-corrected chi connectivity index (χ0v) is 18.4. The maximum atomic E-state index is 12.9. The molecule has 2 amide bonds. The highest BCUT2D eigenvalue weighted by molar-refractivity contribution is 5.95. The fourth-order valence-corrected chi connectivity index (χ4v) is 3.93. The lowest BCUT2D eigenvalue weighted by atomic mass is 10.0. The molecule has 0 N–H and O–H groups in total. The summed E-state index contributed by atoms with van der Waals surface area (Å²) in [5, 5.41) is 0. The minimum Gasteiger partial charge on any atom is -0.494 e. The third kappa shape index (κ3) is 5.17. The third-order valence-electron chi connectivity index (χ3n) is 5.75. The summed E-state index contributed by atoms with van der Waals surface area (Å²) in [7, 11) is 0. The van der Waals surface area contributed by atoms with Crippen molar-refractivity contribution < 1.29 is 14.3 Å². The monoisotopic (exact) mass is 428 g/mol. The van der Waals surface area contributed by atoms with Gasteiger partial charge in [-0.3, -0.25) is 9.59 Å². The van der Waals surface area contributed by atoms with Crippen LogP contribution < -0.4 is 4.74 Å². The summed E-state index contributed by atoms with van der Waals surface area (Å²) in [6, 6.07) is 25.5. The topological polar surface area (TPSA) is 49.9 Å². The Balaban J connectivity index is 1.30. The van der Waals surface area contributed by atoms with E-state index in [1.165, 1.54) is 0 Å². The molecule has 1 saturated heterocycles. The van der Waals surface area contributed by atoms with Crippen LogP contribution in [-0.4, -0.2) is 54.4 Å². The van der Waals surface area contributed by atoms with Crippen LogP contribution >= 0.6 is 0 Å². The molecule has 0 bridgehead atoms. The molecular weight excluding hydrogens is 400 g/mol. The molecule has 1 aliphatic heterocycles. The molecule has 1 aliphatic rings. The Kier molecular flexibility index (Phi) is 6.85. The first kappa shape index (κ1) is 21.6. The van der Waals surface area contributed by atoms with Crippen molar-refractivity contribution >= 4 is 11.8 Å². The molecule has 0 aliphatic carbocycles. The Morgan fingerprint density at radius 3 is 1.97 bits per heavy atom. The minimum atomic E-state index is 0.0169. The van der Waals surface area contributed by atoms with Crippen molar-refractivity contribution in [3.05, 3.63) is 90.0 Å². The number of carbonyl (C=O) groups is 2. The fourth-order valence-electron chi connectivity index (χ4n) is 3.93. The third-order valence-corrected chi connectivity index (χ3v) is 5.75. The van der Waals surface area contributed by atoms with Crippen molar-refractivity contribution in [1.82, 2.24) is 9.80 Å². The number of hydrogen-bond donors (Lipinski definition) is 0. The lowest BCUT2D eigenvalue weighted by Gasteiger charge is -2.35. The Labute approximate surface area is 189 Å². The first-order valence-corrected chi connectivity index (χ1v) is 11.1. The van der Waals surface area contributed by atoms with Crippen LogP contribution in [-0.2, 0) is 11.2 Å². The second-order valence-electron chi connectivity index (χ2n) is 7.87. The predicted molar refractivity (Wildman–Crippen MR) is 126 cm³/mol. The van der Waals surface area contributed by atoms with Crippen LogP contribution in [0.5, 0.6) is 5.75 Å². The smallest absolute Gasteiger partial charge is 0.253 e. The highest BCUT2D eigenvalue weighted by Gasteiger charge is 2.25. The second kappa shape index (κ2) is 10.1. The zero-order chi connectivity index (χ0) is 22.3. The van der Waals surface area contributed by atoms with Gasteiger partial charge in [-0.05, 0) is 47.9 Å². The van der Waals surface area contributed by atoms with E-state index in [0.717, 1.165) is 22.4 Å². The molecule has 0 spiro atoms. The van der Waals surface area contributed by atoms with Crippen LogP contribution in [0.25, 0.3) is 11.1 Å². The van der Waals surface area contributed by atoms with E-state index in [1.807, 2.05) is 83.5 Å². The van der Waals surface area contributed by atoms with Crippen molar-refractivity contribution in [2.24, 2.45) is 0 Å². The highest BCUT2D eigenvalue weighted by atomic mass is 16.5. The van der Waals surface area contributed by atoms with Gasteiger partial charge in [0.15, 0.2) is 0 Å². The summed E-state index contributed by atoms with van der Waals surface area (Å²) in [6.07, 6.45) is 0.362. The first-order chi connectivity index (χ1) is 15.6. The van der Waals surface area contributed by atoms with Crippen LogP contribution in [0, 0.1) is 0 Å². The Morgan fingerprint density at radius 1 is 0.750 bits per heavy atom. The van der Waals surface area contributed by atoms with Gasteiger partial charge < -0.3 is 14.5 Å². The molecule has 164 valence electrons. The number of benzene rings is 3. The van der Waals surface area contributed by atoms with Gasteiger partial charge in [0, 0.05) is 31.7 Å². The van der Waals surface area contributed by atoms with E-state index in [0.29, 0.717) is 44.8 Å². The second-order valence-corrected chi connectivity index (χ2v) is 7.87. The normalized spacial score (nSPS) is 13.7. The quantitative estimate of drug-likeness (QED) is 0.589. The van der Waals surface area contributed by atoms with Gasteiger partial charge in [0.2, 0.25) is 5.91 Å². The molecule has 0 atom stereocenters. The molecule has 0 radical (unpaired) electrons. The summed E-state index contributed by atoms with van der Waals surface area (Å²) in [6.45, 7) is 4.79. The lowest BCUT2D eigenvalue weighted by molar-refractivity contribution is -0.131. The summed E-state index contributed by atoms with van der Waals surface area (Å²) >= 11 is 0. The largest absolute Gasteiger partial charge is 0.494 e. The molecular formula is C27H28N2O3. The summed E-state index contributed by atoms with van der Waals surface area (Å²) in [5.74, 6) is 0.921. The standard InChI is InChI=1S/C27H28N2O3/c1-2-32-25-14-8-21(9-15-25)20-26(30)28-16-18-29(19-17-28)27(31)24-12-10-23(11-13-24)22-6-4-3-5-7-22/h3-15H,2,16-20H2,1H3. The van der Waals surface area contributed by atoms with Crippen molar-refractivity contribution in [2.45, 2.75) is 13.3 Å². The van der Waals surface area contributed by atoms with Crippen LogP contribution in [0.15, 0.2) is 78.9 Å². The van der Waals surface area contributed by atoms with Crippen molar-refractivity contribution in [1.29, 1.82) is 0 Å². The van der Waals surface area contributed by atoms with E-state index in [-0.39, 0.29) is 11.8 Å². The summed E-state index contributed by atoms with van der Waals surface area (Å²) < 4.78 is 5.45. The molecule has 5 nitrogen and oxygen atoms in total. The van der Waals surface area contributed by atoms with Crippen molar-refractivity contribution in [3.63, 3.8) is 0 Å².